The first-order chi connectivity index (χ1) is 31.5. The molecule has 1 aromatic heterocycles. The minimum Gasteiger partial charge on any atom is -0.361 e. The van der Waals surface area contributed by atoms with E-state index in [9.17, 15) is 33.6 Å². The van der Waals surface area contributed by atoms with Gasteiger partial charge in [0.05, 0.1) is 0 Å². The molecule has 15 nitrogen and oxygen atoms in total. The lowest BCUT2D eigenvalue weighted by Crippen LogP contribution is -2.60. The molecular weight excluding hydrogens is 825 g/mol. The monoisotopic (exact) mass is 893 g/mol. The molecule has 2 aliphatic carbocycles. The van der Waals surface area contributed by atoms with E-state index >= 15 is 0 Å². The van der Waals surface area contributed by atoms with E-state index in [-0.39, 0.29) is 50.1 Å². The van der Waals surface area contributed by atoms with Crippen molar-refractivity contribution < 1.29 is 33.6 Å². The summed E-state index contributed by atoms with van der Waals surface area (Å²) in [6, 6.07) is 11.1. The SMILES string of the molecule is CC(=O)N[C@@H](Cc1ccccc1)C(=O)N[C@H]1CCCNC(=O)[C@H](CC2CCCCC2)NC(=O)[C@H](Cc2c[nH]c3ccccc23)NC(=O)[C@@H](CC2CCCCC2)NC(=O)[C@@H]2CCCN2C1=O. The molecule has 2 aromatic carbocycles. The van der Waals surface area contributed by atoms with E-state index in [1.54, 1.807) is 0 Å². The standard InChI is InChI=1S/C50H68N8O7/c1-32(59)53-41(28-34-17-7-3-8-18-34)46(61)54-39-23-13-25-51-45(60)40(27-33-15-5-2-6-16-33)55-48(63)43(30-36-31-52-38-22-12-11-21-37(36)38)56-47(62)42(29-35-19-9-4-10-20-35)57-49(64)44-24-14-26-58(44)50(39)65/h3,7-8,11-12,17-18,21-22,31,33,35,39-44,52H,2,4-6,9-10,13-16,19-20,23-30H2,1H3,(H,51,60)(H,53,59)(H,54,61)(H,55,63)(H,56,62)(H,57,64)/t39-,40-,41-,42+,43-,44-/m0/s1. The number of para-hydroxylation sites is 1. The zero-order valence-electron chi connectivity index (χ0n) is 37.8. The van der Waals surface area contributed by atoms with Crippen molar-refractivity contribution in [1.82, 2.24) is 41.8 Å². The van der Waals surface area contributed by atoms with Crippen LogP contribution < -0.4 is 31.9 Å². The van der Waals surface area contributed by atoms with Crippen LogP contribution in [-0.2, 0) is 46.4 Å². The highest BCUT2D eigenvalue weighted by Gasteiger charge is 2.41. The van der Waals surface area contributed by atoms with Crippen molar-refractivity contribution in [1.29, 1.82) is 0 Å². The number of aromatic nitrogens is 1. The zero-order valence-corrected chi connectivity index (χ0v) is 37.8. The maximum Gasteiger partial charge on any atom is 0.245 e. The first-order valence-corrected chi connectivity index (χ1v) is 24.2. The molecule has 2 aliphatic heterocycles. The molecule has 4 aliphatic rings. The quantitative estimate of drug-likeness (QED) is 0.149. The molecule has 4 fully saturated rings. The summed E-state index contributed by atoms with van der Waals surface area (Å²) in [6.07, 6.45) is 14.4. The third-order valence-corrected chi connectivity index (χ3v) is 14.0. The molecule has 0 spiro atoms. The summed E-state index contributed by atoms with van der Waals surface area (Å²) >= 11 is 0. The van der Waals surface area contributed by atoms with Gasteiger partial charge >= 0.3 is 0 Å². The number of H-pyrrole nitrogens is 1. The molecule has 7 amide bonds. The number of hydrogen-bond acceptors (Lipinski definition) is 7. The van der Waals surface area contributed by atoms with Crippen LogP contribution in [0.5, 0.6) is 0 Å². The van der Waals surface area contributed by atoms with Crippen molar-refractivity contribution >= 4 is 52.3 Å². The summed E-state index contributed by atoms with van der Waals surface area (Å²) in [5.74, 6) is -2.79. The minimum absolute atomic E-state index is 0.132. The van der Waals surface area contributed by atoms with Gasteiger partial charge in [0, 0.05) is 50.0 Å². The van der Waals surface area contributed by atoms with E-state index in [0.29, 0.717) is 32.1 Å². The van der Waals surface area contributed by atoms with E-state index in [1.165, 1.54) is 11.8 Å². The van der Waals surface area contributed by atoms with Crippen LogP contribution >= 0.6 is 0 Å². The fourth-order valence-corrected chi connectivity index (χ4v) is 10.5. The van der Waals surface area contributed by atoms with Crippen molar-refractivity contribution in [3.8, 4) is 0 Å². The Morgan fingerprint density at radius 3 is 1.98 bits per heavy atom. The van der Waals surface area contributed by atoms with Crippen LogP contribution in [0.4, 0.5) is 0 Å². The average Bonchev–Trinajstić information content (AvgIpc) is 3.97. The van der Waals surface area contributed by atoms with Gasteiger partial charge in [-0.2, -0.15) is 0 Å². The number of carbonyl (C=O) groups is 7. The molecular formula is C50H68N8O7. The van der Waals surface area contributed by atoms with Gasteiger partial charge in [-0.1, -0.05) is 113 Å². The Bertz CT molecular complexity index is 2130. The van der Waals surface area contributed by atoms with Crippen LogP contribution in [0, 0.1) is 11.8 Å². The average molecular weight is 893 g/mol. The van der Waals surface area contributed by atoms with Gasteiger partial charge in [0.25, 0.3) is 0 Å². The van der Waals surface area contributed by atoms with Crippen molar-refractivity contribution in [3.05, 3.63) is 71.9 Å². The normalized spacial score (nSPS) is 25.3. The summed E-state index contributed by atoms with van der Waals surface area (Å²) in [5, 5.41) is 18.7. The molecule has 7 N–H and O–H groups in total. The molecule has 3 heterocycles. The third kappa shape index (κ3) is 13.0. The number of amides is 7. The summed E-state index contributed by atoms with van der Waals surface area (Å²) in [5.41, 5.74) is 2.54. The first-order valence-electron chi connectivity index (χ1n) is 24.2. The van der Waals surface area contributed by atoms with Crippen LogP contribution in [0.3, 0.4) is 0 Å². The molecule has 2 saturated heterocycles. The van der Waals surface area contributed by atoms with E-state index in [2.05, 4.69) is 36.9 Å². The van der Waals surface area contributed by atoms with Gasteiger partial charge in [-0.25, -0.2) is 0 Å². The largest absolute Gasteiger partial charge is 0.361 e. The topological polar surface area (TPSA) is 211 Å². The second kappa shape index (κ2) is 22.9. The maximum atomic E-state index is 14.7. The number of nitrogens with zero attached hydrogens (tertiary/aromatic N) is 1. The highest BCUT2D eigenvalue weighted by Crippen LogP contribution is 2.30. The predicted molar refractivity (Wildman–Crippen MR) is 247 cm³/mol. The molecule has 3 aromatic rings. The highest BCUT2D eigenvalue weighted by atomic mass is 16.2. The number of hydrogen-bond donors (Lipinski definition) is 7. The Morgan fingerprint density at radius 1 is 0.677 bits per heavy atom. The van der Waals surface area contributed by atoms with Gasteiger partial charge in [0.1, 0.15) is 36.3 Å². The number of aromatic amines is 1. The molecule has 0 radical (unpaired) electrons. The van der Waals surface area contributed by atoms with E-state index in [4.69, 9.17) is 0 Å². The smallest absolute Gasteiger partial charge is 0.245 e. The Hall–Kier alpha value is -5.73. The minimum atomic E-state index is -1.08. The van der Waals surface area contributed by atoms with Gasteiger partial charge < -0.3 is 41.8 Å². The van der Waals surface area contributed by atoms with Crippen LogP contribution in [-0.4, -0.2) is 101 Å². The Balaban J connectivity index is 1.19. The van der Waals surface area contributed by atoms with Crippen molar-refractivity contribution in [2.24, 2.45) is 11.8 Å². The third-order valence-electron chi connectivity index (χ3n) is 14.0. The lowest BCUT2D eigenvalue weighted by molar-refractivity contribution is -0.142. The van der Waals surface area contributed by atoms with Crippen molar-refractivity contribution in [2.75, 3.05) is 13.1 Å². The van der Waals surface area contributed by atoms with Crippen LogP contribution in [0.25, 0.3) is 10.9 Å². The molecule has 2 saturated carbocycles. The Kier molecular flexibility index (Phi) is 16.7. The number of fused-ring (bicyclic) bond motifs is 2. The van der Waals surface area contributed by atoms with Crippen LogP contribution in [0.15, 0.2) is 60.8 Å². The van der Waals surface area contributed by atoms with Gasteiger partial charge in [0.2, 0.25) is 41.4 Å². The Labute approximate surface area is 382 Å². The van der Waals surface area contributed by atoms with Crippen LogP contribution in [0.1, 0.15) is 121 Å². The van der Waals surface area contributed by atoms with E-state index < -0.39 is 71.7 Å². The van der Waals surface area contributed by atoms with Gasteiger partial charge in [-0.15, -0.1) is 0 Å². The summed E-state index contributed by atoms with van der Waals surface area (Å²) < 4.78 is 0. The van der Waals surface area contributed by atoms with Crippen molar-refractivity contribution in [3.63, 3.8) is 0 Å². The number of benzene rings is 2. The second-order valence-corrected chi connectivity index (χ2v) is 18.9. The summed E-state index contributed by atoms with van der Waals surface area (Å²) in [4.78, 5) is 104. The number of rotatable bonds is 11. The molecule has 350 valence electrons. The van der Waals surface area contributed by atoms with Crippen LogP contribution in [0.2, 0.25) is 0 Å². The van der Waals surface area contributed by atoms with Gasteiger partial charge in [-0.3, -0.25) is 33.6 Å². The maximum absolute atomic E-state index is 14.7. The van der Waals surface area contributed by atoms with E-state index in [0.717, 1.165) is 86.2 Å². The zero-order chi connectivity index (χ0) is 45.7. The lowest BCUT2D eigenvalue weighted by atomic mass is 9.84. The second-order valence-electron chi connectivity index (χ2n) is 18.9. The molecule has 7 rings (SSSR count). The number of nitrogens with one attached hydrogen (secondary N) is 7. The van der Waals surface area contributed by atoms with E-state index in [1.807, 2.05) is 60.8 Å². The summed E-state index contributed by atoms with van der Waals surface area (Å²) in [7, 11) is 0. The highest BCUT2D eigenvalue weighted by molar-refractivity contribution is 5.98. The Morgan fingerprint density at radius 2 is 1.29 bits per heavy atom. The predicted octanol–water partition coefficient (Wildman–Crippen LogP) is 4.24. The summed E-state index contributed by atoms with van der Waals surface area (Å²) in [6.45, 7) is 1.75. The molecule has 0 bridgehead atoms. The number of carbonyl (C=O) groups excluding carboxylic acids is 7. The fourth-order valence-electron chi connectivity index (χ4n) is 10.5. The van der Waals surface area contributed by atoms with Gasteiger partial charge in [0.15, 0.2) is 0 Å². The first kappa shape index (κ1) is 47.2. The van der Waals surface area contributed by atoms with Crippen molar-refractivity contribution in [2.45, 2.75) is 159 Å². The molecule has 6 atom stereocenters. The van der Waals surface area contributed by atoms with Gasteiger partial charge in [-0.05, 0) is 67.6 Å². The molecule has 0 unspecified atom stereocenters. The lowest BCUT2D eigenvalue weighted by Gasteiger charge is -2.32. The molecule has 15 heteroatoms. The fraction of sp³-hybridized carbons (Fsp3) is 0.580. The molecule has 65 heavy (non-hydrogen) atoms.